The zero-order valence-electron chi connectivity index (χ0n) is 11.5. The number of pyridine rings is 1. The van der Waals surface area contributed by atoms with Crippen LogP contribution in [0.1, 0.15) is 24.8 Å². The van der Waals surface area contributed by atoms with E-state index >= 15 is 0 Å². The van der Waals surface area contributed by atoms with Crippen LogP contribution in [0.4, 0.5) is 5.82 Å². The van der Waals surface area contributed by atoms with E-state index in [2.05, 4.69) is 17.0 Å². The lowest BCUT2D eigenvalue weighted by molar-refractivity contribution is -0.136. The van der Waals surface area contributed by atoms with Gasteiger partial charge in [0.15, 0.2) is 0 Å². The zero-order valence-corrected chi connectivity index (χ0v) is 11.5. The molecule has 0 aliphatic heterocycles. The summed E-state index contributed by atoms with van der Waals surface area (Å²) < 4.78 is 0. The summed E-state index contributed by atoms with van der Waals surface area (Å²) >= 11 is 0. The first-order valence-electron chi connectivity index (χ1n) is 7.00. The van der Waals surface area contributed by atoms with Gasteiger partial charge in [0.2, 0.25) is 0 Å². The van der Waals surface area contributed by atoms with E-state index in [1.807, 2.05) is 25.1 Å². The molecular weight excluding hydrogens is 252 g/mol. The predicted octanol–water partition coefficient (Wildman–Crippen LogP) is 2.99. The van der Waals surface area contributed by atoms with Crippen molar-refractivity contribution in [3.05, 3.63) is 35.9 Å². The second kappa shape index (κ2) is 5.12. The lowest BCUT2D eigenvalue weighted by Crippen LogP contribution is -2.30. The molecular formula is C16H18N2O2. The Morgan fingerprint density at radius 3 is 2.85 bits per heavy atom. The number of carboxylic acid groups (broad SMARTS) is 1. The summed E-state index contributed by atoms with van der Waals surface area (Å²) in [6, 6.07) is 10.6. The number of hydrogen-bond donors (Lipinski definition) is 1. The Morgan fingerprint density at radius 2 is 2.15 bits per heavy atom. The number of rotatable bonds is 5. The minimum absolute atomic E-state index is 0.157. The lowest BCUT2D eigenvalue weighted by Gasteiger charge is -2.25. The van der Waals surface area contributed by atoms with Crippen molar-refractivity contribution >= 4 is 22.7 Å². The standard InChI is InChI=1S/C16H18N2O2/c1-11-10-12-4-2-3-5-14(12)17-16(11)18(13-6-7-13)9-8-15(19)20/h2-5,10,13H,6-9H2,1H3,(H,19,20). The average Bonchev–Trinajstić information content (AvgIpc) is 3.23. The van der Waals surface area contributed by atoms with Crippen LogP contribution < -0.4 is 4.90 Å². The smallest absolute Gasteiger partial charge is 0.305 e. The molecule has 4 heteroatoms. The third-order valence-corrected chi connectivity index (χ3v) is 3.71. The molecule has 0 unspecified atom stereocenters. The minimum Gasteiger partial charge on any atom is -0.481 e. The Labute approximate surface area is 118 Å². The normalized spacial score (nSPS) is 14.4. The second-order valence-electron chi connectivity index (χ2n) is 5.39. The molecule has 1 aliphatic carbocycles. The van der Waals surface area contributed by atoms with Gasteiger partial charge in [0.1, 0.15) is 5.82 Å². The van der Waals surface area contributed by atoms with Gasteiger partial charge in [-0.3, -0.25) is 4.79 Å². The molecule has 1 saturated carbocycles. The molecule has 0 saturated heterocycles. The van der Waals surface area contributed by atoms with Crippen molar-refractivity contribution in [2.24, 2.45) is 0 Å². The van der Waals surface area contributed by atoms with Gasteiger partial charge >= 0.3 is 5.97 Å². The van der Waals surface area contributed by atoms with Crippen LogP contribution in [0.2, 0.25) is 0 Å². The van der Waals surface area contributed by atoms with Crippen molar-refractivity contribution in [2.45, 2.75) is 32.2 Å². The number of carboxylic acids is 1. The molecule has 1 aromatic carbocycles. The first-order valence-corrected chi connectivity index (χ1v) is 7.00. The third-order valence-electron chi connectivity index (χ3n) is 3.71. The fourth-order valence-electron chi connectivity index (χ4n) is 2.57. The number of aryl methyl sites for hydroxylation is 1. The van der Waals surface area contributed by atoms with Crippen molar-refractivity contribution in [1.29, 1.82) is 0 Å². The summed E-state index contributed by atoms with van der Waals surface area (Å²) in [4.78, 5) is 17.7. The highest BCUT2D eigenvalue weighted by Gasteiger charge is 2.31. The Morgan fingerprint density at radius 1 is 1.40 bits per heavy atom. The summed E-state index contributed by atoms with van der Waals surface area (Å²) in [6.45, 7) is 2.58. The molecule has 1 heterocycles. The quantitative estimate of drug-likeness (QED) is 0.907. The van der Waals surface area contributed by atoms with Gasteiger partial charge < -0.3 is 10.0 Å². The molecule has 20 heavy (non-hydrogen) atoms. The molecule has 0 radical (unpaired) electrons. The van der Waals surface area contributed by atoms with Gasteiger partial charge in [-0.1, -0.05) is 18.2 Å². The first kappa shape index (κ1) is 12.9. The van der Waals surface area contributed by atoms with Gasteiger partial charge in [-0.2, -0.15) is 0 Å². The van der Waals surface area contributed by atoms with Crippen LogP contribution in [0.5, 0.6) is 0 Å². The molecule has 0 atom stereocenters. The van der Waals surface area contributed by atoms with Crippen LogP contribution >= 0.6 is 0 Å². The number of aromatic nitrogens is 1. The van der Waals surface area contributed by atoms with Crippen molar-refractivity contribution in [1.82, 2.24) is 4.98 Å². The fourth-order valence-corrected chi connectivity index (χ4v) is 2.57. The molecule has 1 fully saturated rings. The zero-order chi connectivity index (χ0) is 14.1. The van der Waals surface area contributed by atoms with E-state index in [0.717, 1.165) is 35.1 Å². The maximum absolute atomic E-state index is 10.8. The van der Waals surface area contributed by atoms with Gasteiger partial charge in [-0.25, -0.2) is 4.98 Å². The Hall–Kier alpha value is -2.10. The van der Waals surface area contributed by atoms with Crippen LogP contribution in [0.3, 0.4) is 0 Å². The van der Waals surface area contributed by atoms with Crippen LogP contribution in [0.15, 0.2) is 30.3 Å². The average molecular weight is 270 g/mol. The van der Waals surface area contributed by atoms with Gasteiger partial charge in [-0.05, 0) is 37.5 Å². The monoisotopic (exact) mass is 270 g/mol. The molecule has 4 nitrogen and oxygen atoms in total. The number of anilines is 1. The number of hydrogen-bond acceptors (Lipinski definition) is 3. The van der Waals surface area contributed by atoms with E-state index in [1.54, 1.807) is 0 Å². The van der Waals surface area contributed by atoms with Crippen molar-refractivity contribution in [3.63, 3.8) is 0 Å². The van der Waals surface area contributed by atoms with Crippen LogP contribution in [0.25, 0.3) is 10.9 Å². The summed E-state index contributed by atoms with van der Waals surface area (Å²) in [5.41, 5.74) is 2.08. The number of aliphatic carboxylic acids is 1. The predicted molar refractivity (Wildman–Crippen MR) is 79.1 cm³/mol. The minimum atomic E-state index is -0.755. The highest BCUT2D eigenvalue weighted by atomic mass is 16.4. The first-order chi connectivity index (χ1) is 9.65. The van der Waals surface area contributed by atoms with Gasteiger partial charge in [0, 0.05) is 18.0 Å². The lowest BCUT2D eigenvalue weighted by atomic mass is 10.1. The van der Waals surface area contributed by atoms with Crippen LogP contribution in [-0.4, -0.2) is 28.6 Å². The van der Waals surface area contributed by atoms with E-state index < -0.39 is 5.97 Å². The number of carbonyl (C=O) groups is 1. The van der Waals surface area contributed by atoms with Gasteiger partial charge in [0.05, 0.1) is 11.9 Å². The van der Waals surface area contributed by atoms with Crippen molar-refractivity contribution in [3.8, 4) is 0 Å². The Balaban J connectivity index is 1.97. The summed E-state index contributed by atoms with van der Waals surface area (Å²) in [5, 5.41) is 10.0. The molecule has 104 valence electrons. The molecule has 2 aromatic rings. The summed E-state index contributed by atoms with van der Waals surface area (Å²) in [5.74, 6) is 0.182. The van der Waals surface area contributed by atoms with Gasteiger partial charge in [-0.15, -0.1) is 0 Å². The maximum atomic E-state index is 10.8. The van der Waals surface area contributed by atoms with Gasteiger partial charge in [0.25, 0.3) is 0 Å². The Bertz CT molecular complexity index is 650. The number of nitrogens with zero attached hydrogens (tertiary/aromatic N) is 2. The van der Waals surface area contributed by atoms with E-state index in [0.29, 0.717) is 12.6 Å². The molecule has 3 rings (SSSR count). The largest absolute Gasteiger partial charge is 0.481 e. The summed E-state index contributed by atoms with van der Waals surface area (Å²) in [6.07, 6.45) is 2.42. The van der Waals surface area contributed by atoms with E-state index in [4.69, 9.17) is 10.1 Å². The highest BCUT2D eigenvalue weighted by molar-refractivity contribution is 5.82. The van der Waals surface area contributed by atoms with Crippen LogP contribution in [0, 0.1) is 6.92 Å². The maximum Gasteiger partial charge on any atom is 0.305 e. The molecule has 0 bridgehead atoms. The Kier molecular flexibility index (Phi) is 3.30. The molecule has 1 aromatic heterocycles. The van der Waals surface area contributed by atoms with E-state index in [9.17, 15) is 4.79 Å². The third kappa shape index (κ3) is 2.59. The number of para-hydroxylation sites is 1. The second-order valence-corrected chi connectivity index (χ2v) is 5.39. The fraction of sp³-hybridized carbons (Fsp3) is 0.375. The molecule has 1 aliphatic rings. The van der Waals surface area contributed by atoms with E-state index in [1.165, 1.54) is 0 Å². The molecule has 0 amide bonds. The van der Waals surface area contributed by atoms with Crippen molar-refractivity contribution < 1.29 is 9.90 Å². The number of fused-ring (bicyclic) bond motifs is 1. The molecule has 0 spiro atoms. The van der Waals surface area contributed by atoms with Crippen molar-refractivity contribution in [2.75, 3.05) is 11.4 Å². The molecule has 1 N–H and O–H groups in total. The topological polar surface area (TPSA) is 53.4 Å². The highest BCUT2D eigenvalue weighted by Crippen LogP contribution is 2.33. The SMILES string of the molecule is Cc1cc2ccccc2nc1N(CCC(=O)O)C1CC1. The number of benzene rings is 1. The summed E-state index contributed by atoms with van der Waals surface area (Å²) in [7, 11) is 0. The van der Waals surface area contributed by atoms with E-state index in [-0.39, 0.29) is 6.42 Å². The van der Waals surface area contributed by atoms with Crippen LogP contribution in [-0.2, 0) is 4.79 Å².